The second kappa shape index (κ2) is 5.58. The van der Waals surface area contributed by atoms with E-state index in [1.165, 1.54) is 14.2 Å². The molecule has 0 aromatic heterocycles. The van der Waals surface area contributed by atoms with Gasteiger partial charge in [-0.25, -0.2) is 0 Å². The van der Waals surface area contributed by atoms with E-state index in [0.717, 1.165) is 11.1 Å². The zero-order valence-corrected chi connectivity index (χ0v) is 14.1. The van der Waals surface area contributed by atoms with Crippen LogP contribution in [0.25, 0.3) is 0 Å². The highest BCUT2D eigenvalue weighted by atomic mass is 35.5. The third-order valence-electron chi connectivity index (χ3n) is 3.96. The topological polar surface area (TPSA) is 68.2 Å². The van der Waals surface area contributed by atoms with Crippen LogP contribution in [-0.2, 0) is 0 Å². The average Bonchev–Trinajstić information content (AvgIpc) is 2.55. The Balaban J connectivity index is 2.26. The van der Waals surface area contributed by atoms with Crippen LogP contribution in [-0.4, -0.2) is 24.4 Å². The molecule has 122 valence electrons. The van der Waals surface area contributed by atoms with Crippen LogP contribution in [0.5, 0.6) is 34.5 Å². The molecule has 3 rings (SSSR count). The molecule has 2 N–H and O–H groups in total. The Morgan fingerprint density at radius 2 is 1.30 bits per heavy atom. The highest BCUT2D eigenvalue weighted by Gasteiger charge is 2.33. The molecule has 0 atom stereocenters. The average molecular weight is 357 g/mol. The molecule has 0 amide bonds. The van der Waals surface area contributed by atoms with Crippen LogP contribution in [0, 0.1) is 0 Å². The van der Waals surface area contributed by atoms with Gasteiger partial charge in [-0.3, -0.25) is 0 Å². The molecule has 23 heavy (non-hydrogen) atoms. The summed E-state index contributed by atoms with van der Waals surface area (Å²) in [5.41, 5.74) is 1.47. The number of phenolic OH excluding ortho intramolecular Hbond substituents is 2. The lowest BCUT2D eigenvalue weighted by molar-refractivity contribution is 0.361. The predicted molar refractivity (Wildman–Crippen MR) is 86.9 cm³/mol. The zero-order chi connectivity index (χ0) is 16.9. The normalized spacial score (nSPS) is 13.1. The van der Waals surface area contributed by atoms with Crippen molar-refractivity contribution in [3.8, 4) is 34.5 Å². The summed E-state index contributed by atoms with van der Waals surface area (Å²) in [6.07, 6.45) is 0. The molecule has 0 saturated carbocycles. The fourth-order valence-corrected chi connectivity index (χ4v) is 3.15. The van der Waals surface area contributed by atoms with Gasteiger partial charge < -0.3 is 24.4 Å². The SMILES string of the molecule is COc1cc2c(c(Cl)c1O)Oc1c(cc(OC)c(O)c1Cl)C2C. The van der Waals surface area contributed by atoms with Gasteiger partial charge in [-0.1, -0.05) is 30.1 Å². The van der Waals surface area contributed by atoms with Crippen LogP contribution in [0.4, 0.5) is 0 Å². The van der Waals surface area contributed by atoms with Crippen molar-refractivity contribution < 1.29 is 24.4 Å². The fraction of sp³-hybridized carbons (Fsp3) is 0.250. The van der Waals surface area contributed by atoms with E-state index in [9.17, 15) is 10.2 Å². The van der Waals surface area contributed by atoms with E-state index in [1.807, 2.05) is 6.92 Å². The number of benzene rings is 2. The van der Waals surface area contributed by atoms with Gasteiger partial charge >= 0.3 is 0 Å². The predicted octanol–water partition coefficient (Wildman–Crippen LogP) is 4.68. The van der Waals surface area contributed by atoms with Gasteiger partial charge in [-0.15, -0.1) is 0 Å². The lowest BCUT2D eigenvalue weighted by atomic mass is 9.89. The fourth-order valence-electron chi connectivity index (χ4n) is 2.67. The van der Waals surface area contributed by atoms with Gasteiger partial charge in [0.1, 0.15) is 10.0 Å². The maximum absolute atomic E-state index is 10.1. The first-order valence-corrected chi connectivity index (χ1v) is 7.52. The minimum Gasteiger partial charge on any atom is -0.503 e. The molecule has 0 spiro atoms. The van der Waals surface area contributed by atoms with Gasteiger partial charge in [0.25, 0.3) is 0 Å². The molecular weight excluding hydrogens is 343 g/mol. The molecule has 0 aliphatic carbocycles. The van der Waals surface area contributed by atoms with Crippen LogP contribution < -0.4 is 14.2 Å². The zero-order valence-electron chi connectivity index (χ0n) is 12.6. The Morgan fingerprint density at radius 3 is 1.65 bits per heavy atom. The third-order valence-corrected chi connectivity index (χ3v) is 4.66. The first-order valence-electron chi connectivity index (χ1n) is 6.77. The van der Waals surface area contributed by atoms with Crippen molar-refractivity contribution in [2.24, 2.45) is 0 Å². The van der Waals surface area contributed by atoms with Crippen molar-refractivity contribution in [1.29, 1.82) is 0 Å². The number of hydrogen-bond acceptors (Lipinski definition) is 5. The molecule has 1 heterocycles. The van der Waals surface area contributed by atoms with Crippen molar-refractivity contribution in [3.05, 3.63) is 33.3 Å². The van der Waals surface area contributed by atoms with Gasteiger partial charge in [0.15, 0.2) is 34.5 Å². The van der Waals surface area contributed by atoms with Gasteiger partial charge in [0.2, 0.25) is 0 Å². The smallest absolute Gasteiger partial charge is 0.180 e. The van der Waals surface area contributed by atoms with Crippen molar-refractivity contribution in [1.82, 2.24) is 0 Å². The van der Waals surface area contributed by atoms with Crippen LogP contribution in [0.1, 0.15) is 24.0 Å². The molecule has 0 saturated heterocycles. The van der Waals surface area contributed by atoms with E-state index < -0.39 is 0 Å². The van der Waals surface area contributed by atoms with E-state index >= 15 is 0 Å². The quantitative estimate of drug-likeness (QED) is 0.817. The maximum atomic E-state index is 10.1. The first-order chi connectivity index (χ1) is 10.9. The highest BCUT2D eigenvalue weighted by Crippen LogP contribution is 2.56. The minimum absolute atomic E-state index is 0.0308. The molecule has 0 radical (unpaired) electrons. The summed E-state index contributed by atoms with van der Waals surface area (Å²) in [5.74, 6) is 0.504. The number of methoxy groups -OCH3 is 2. The summed E-state index contributed by atoms with van der Waals surface area (Å²) in [7, 11) is 2.88. The van der Waals surface area contributed by atoms with Gasteiger partial charge in [0, 0.05) is 17.0 Å². The number of halogens is 2. The van der Waals surface area contributed by atoms with E-state index in [0.29, 0.717) is 0 Å². The van der Waals surface area contributed by atoms with Crippen LogP contribution in [0.15, 0.2) is 12.1 Å². The Morgan fingerprint density at radius 1 is 0.913 bits per heavy atom. The van der Waals surface area contributed by atoms with Gasteiger partial charge in [0.05, 0.1) is 14.2 Å². The van der Waals surface area contributed by atoms with E-state index in [4.69, 9.17) is 37.4 Å². The Bertz CT molecular complexity index is 739. The number of ether oxygens (including phenoxy) is 3. The molecule has 2 aromatic carbocycles. The molecule has 1 aliphatic heterocycles. The van der Waals surface area contributed by atoms with Crippen molar-refractivity contribution >= 4 is 23.2 Å². The second-order valence-corrected chi connectivity index (χ2v) is 5.90. The molecule has 0 unspecified atom stereocenters. The Labute approximate surface area is 142 Å². The monoisotopic (exact) mass is 356 g/mol. The molecule has 0 fully saturated rings. The van der Waals surface area contributed by atoms with Crippen LogP contribution >= 0.6 is 23.2 Å². The van der Waals surface area contributed by atoms with E-state index in [2.05, 4.69) is 0 Å². The van der Waals surface area contributed by atoms with Gasteiger partial charge in [-0.05, 0) is 12.1 Å². The largest absolute Gasteiger partial charge is 0.503 e. The summed E-state index contributed by atoms with van der Waals surface area (Å²) in [6, 6.07) is 3.33. The summed E-state index contributed by atoms with van der Waals surface area (Å²) in [5, 5.41) is 20.2. The summed E-state index contributed by atoms with van der Waals surface area (Å²) in [6.45, 7) is 1.93. The molecule has 2 aromatic rings. The lowest BCUT2D eigenvalue weighted by Crippen LogP contribution is -2.09. The van der Waals surface area contributed by atoms with Crippen LogP contribution in [0.2, 0.25) is 10.0 Å². The number of rotatable bonds is 2. The number of hydrogen-bond donors (Lipinski definition) is 2. The Hall–Kier alpha value is -1.98. The third kappa shape index (κ3) is 2.23. The van der Waals surface area contributed by atoms with Crippen molar-refractivity contribution in [3.63, 3.8) is 0 Å². The molecule has 0 bridgehead atoms. The summed E-state index contributed by atoms with van der Waals surface area (Å²) in [4.78, 5) is 0. The van der Waals surface area contributed by atoms with Crippen molar-refractivity contribution in [2.45, 2.75) is 12.8 Å². The molecule has 5 nitrogen and oxygen atoms in total. The number of aromatic hydroxyl groups is 2. The molecular formula is C16H14Cl2O5. The molecule has 7 heteroatoms. The van der Waals surface area contributed by atoms with E-state index in [1.54, 1.807) is 12.1 Å². The van der Waals surface area contributed by atoms with Crippen LogP contribution in [0.3, 0.4) is 0 Å². The number of phenols is 2. The highest BCUT2D eigenvalue weighted by molar-refractivity contribution is 6.35. The Kier molecular flexibility index (Phi) is 3.86. The van der Waals surface area contributed by atoms with E-state index in [-0.39, 0.29) is 50.5 Å². The summed E-state index contributed by atoms with van der Waals surface area (Å²) >= 11 is 12.4. The first kappa shape index (κ1) is 15.9. The van der Waals surface area contributed by atoms with Crippen molar-refractivity contribution in [2.75, 3.05) is 14.2 Å². The second-order valence-electron chi connectivity index (χ2n) is 5.14. The number of fused-ring (bicyclic) bond motifs is 2. The summed E-state index contributed by atoms with van der Waals surface area (Å²) < 4.78 is 16.0. The standard InChI is InChI=1S/C16H14Cl2O5/c1-6-7-4-9(21-2)13(19)11(17)15(7)23-16-8(6)5-10(22-3)14(20)12(16)18/h4-6,19-20H,1-3H3. The lowest BCUT2D eigenvalue weighted by Gasteiger charge is -2.28. The maximum Gasteiger partial charge on any atom is 0.180 e. The minimum atomic E-state index is -0.211. The van der Waals surface area contributed by atoms with Gasteiger partial charge in [-0.2, -0.15) is 0 Å². The molecule has 1 aliphatic rings.